The van der Waals surface area contributed by atoms with E-state index in [1.54, 1.807) is 12.1 Å². The number of carbonyl (C=O) groups is 1. The maximum atomic E-state index is 13.2. The topological polar surface area (TPSA) is 49.3 Å². The highest BCUT2D eigenvalue weighted by Gasteiger charge is 2.19. The number of aliphatic hydroxyl groups is 1. The van der Waals surface area contributed by atoms with E-state index in [1.807, 2.05) is 5.38 Å². The van der Waals surface area contributed by atoms with Crippen molar-refractivity contribution in [3.8, 4) is 0 Å². The first-order valence-electron chi connectivity index (χ1n) is 6.08. The summed E-state index contributed by atoms with van der Waals surface area (Å²) < 4.78 is 39.2. The smallest absolute Gasteiger partial charge is 0.225 e. The number of halogens is 3. The second-order valence-electron chi connectivity index (χ2n) is 4.36. The quantitative estimate of drug-likeness (QED) is 0.833. The van der Waals surface area contributed by atoms with Crippen molar-refractivity contribution in [1.29, 1.82) is 0 Å². The van der Waals surface area contributed by atoms with Crippen LogP contribution in [-0.4, -0.2) is 17.6 Å². The van der Waals surface area contributed by atoms with Crippen molar-refractivity contribution in [3.05, 3.63) is 57.5 Å². The number of carbonyl (C=O) groups excluding carboxylic acids is 1. The van der Waals surface area contributed by atoms with Gasteiger partial charge in [0, 0.05) is 4.88 Å². The molecular formula is C14H12F3NO2S. The molecule has 2 N–H and O–H groups in total. The van der Waals surface area contributed by atoms with Gasteiger partial charge in [0.25, 0.3) is 0 Å². The largest absolute Gasteiger partial charge is 0.394 e. The number of aliphatic hydroxyl groups excluding tert-OH is 1. The molecule has 7 heteroatoms. The highest BCUT2D eigenvalue weighted by atomic mass is 32.1. The summed E-state index contributed by atoms with van der Waals surface area (Å²) >= 11 is 1.40. The molecule has 0 saturated heterocycles. The minimum Gasteiger partial charge on any atom is -0.394 e. The third-order valence-corrected chi connectivity index (χ3v) is 3.72. The standard InChI is InChI=1S/C14H12F3NO2S/c15-10-4-8(5-11(16)14(10)17)12(7-19)18-13(20)6-9-2-1-3-21-9/h1-5,12,19H,6-7H2,(H,18,20). The number of benzene rings is 1. The summed E-state index contributed by atoms with van der Waals surface area (Å²) in [5.74, 6) is -4.71. The molecule has 1 heterocycles. The van der Waals surface area contributed by atoms with Gasteiger partial charge in [-0.25, -0.2) is 13.2 Å². The molecule has 0 fully saturated rings. The van der Waals surface area contributed by atoms with Crippen molar-refractivity contribution < 1.29 is 23.1 Å². The lowest BCUT2D eigenvalue weighted by Crippen LogP contribution is -2.32. The van der Waals surface area contributed by atoms with Crippen molar-refractivity contribution in [2.45, 2.75) is 12.5 Å². The number of rotatable bonds is 5. The Morgan fingerprint density at radius 3 is 2.48 bits per heavy atom. The van der Waals surface area contributed by atoms with Gasteiger partial charge in [-0.05, 0) is 29.1 Å². The number of thiophene rings is 1. The molecule has 0 bridgehead atoms. The fraction of sp³-hybridized carbons (Fsp3) is 0.214. The van der Waals surface area contributed by atoms with Gasteiger partial charge in [-0.3, -0.25) is 4.79 Å². The predicted octanol–water partition coefficient (Wildman–Crippen LogP) is 2.56. The third kappa shape index (κ3) is 3.83. The van der Waals surface area contributed by atoms with Crippen molar-refractivity contribution in [2.24, 2.45) is 0 Å². The maximum Gasteiger partial charge on any atom is 0.225 e. The lowest BCUT2D eigenvalue weighted by Gasteiger charge is -2.17. The summed E-state index contributed by atoms with van der Waals surface area (Å²) in [5, 5.41) is 13.5. The van der Waals surface area contributed by atoms with Crippen LogP contribution in [0.25, 0.3) is 0 Å². The second-order valence-corrected chi connectivity index (χ2v) is 5.39. The molecule has 21 heavy (non-hydrogen) atoms. The van der Waals surface area contributed by atoms with Gasteiger partial charge in [-0.1, -0.05) is 6.07 Å². The van der Waals surface area contributed by atoms with Crippen molar-refractivity contribution in [3.63, 3.8) is 0 Å². The minimum atomic E-state index is -1.58. The molecule has 1 atom stereocenters. The van der Waals surface area contributed by atoms with E-state index in [1.165, 1.54) is 11.3 Å². The number of hydrogen-bond acceptors (Lipinski definition) is 3. The van der Waals surface area contributed by atoms with E-state index in [0.717, 1.165) is 17.0 Å². The fourth-order valence-corrected chi connectivity index (χ4v) is 2.53. The Bertz CT molecular complexity index is 608. The van der Waals surface area contributed by atoms with E-state index >= 15 is 0 Å². The first kappa shape index (κ1) is 15.5. The normalized spacial score (nSPS) is 12.2. The van der Waals surface area contributed by atoms with Crippen LogP contribution in [0.1, 0.15) is 16.5 Å². The molecule has 0 radical (unpaired) electrons. The molecule has 0 aliphatic carbocycles. The van der Waals surface area contributed by atoms with Crippen LogP contribution in [0.2, 0.25) is 0 Å². The van der Waals surface area contributed by atoms with Crippen LogP contribution in [0.3, 0.4) is 0 Å². The molecule has 0 spiro atoms. The Morgan fingerprint density at radius 2 is 1.95 bits per heavy atom. The maximum absolute atomic E-state index is 13.2. The van der Waals surface area contributed by atoms with Crippen LogP contribution >= 0.6 is 11.3 Å². The molecule has 1 unspecified atom stereocenters. The van der Waals surface area contributed by atoms with Gasteiger partial charge in [0.15, 0.2) is 17.5 Å². The summed E-state index contributed by atoms with van der Waals surface area (Å²) in [6, 6.07) is 4.08. The highest BCUT2D eigenvalue weighted by molar-refractivity contribution is 7.10. The van der Waals surface area contributed by atoms with E-state index in [4.69, 9.17) is 0 Å². The SMILES string of the molecule is O=C(Cc1cccs1)NC(CO)c1cc(F)c(F)c(F)c1. The van der Waals surface area contributed by atoms with Gasteiger partial charge in [-0.2, -0.15) is 0 Å². The molecule has 0 aliphatic heterocycles. The van der Waals surface area contributed by atoms with Gasteiger partial charge in [0.05, 0.1) is 19.1 Å². The van der Waals surface area contributed by atoms with E-state index < -0.39 is 36.0 Å². The highest BCUT2D eigenvalue weighted by Crippen LogP contribution is 2.19. The molecule has 0 saturated carbocycles. The van der Waals surface area contributed by atoms with Crippen molar-refractivity contribution in [1.82, 2.24) is 5.32 Å². The zero-order valence-electron chi connectivity index (χ0n) is 10.8. The van der Waals surface area contributed by atoms with Crippen LogP contribution in [0.15, 0.2) is 29.6 Å². The molecule has 0 aliphatic rings. The van der Waals surface area contributed by atoms with Crippen LogP contribution < -0.4 is 5.32 Å². The van der Waals surface area contributed by atoms with Crippen molar-refractivity contribution >= 4 is 17.2 Å². The van der Waals surface area contributed by atoms with Gasteiger partial charge in [0.2, 0.25) is 5.91 Å². The predicted molar refractivity (Wildman–Crippen MR) is 72.3 cm³/mol. The Balaban J connectivity index is 2.11. The zero-order valence-corrected chi connectivity index (χ0v) is 11.6. The number of hydrogen-bond donors (Lipinski definition) is 2. The Labute approximate surface area is 123 Å². The van der Waals surface area contributed by atoms with E-state index in [-0.39, 0.29) is 12.0 Å². The monoisotopic (exact) mass is 315 g/mol. The zero-order chi connectivity index (χ0) is 15.4. The Morgan fingerprint density at radius 1 is 1.29 bits per heavy atom. The molecule has 3 nitrogen and oxygen atoms in total. The van der Waals surface area contributed by atoms with Gasteiger partial charge < -0.3 is 10.4 Å². The van der Waals surface area contributed by atoms with Crippen LogP contribution in [0, 0.1) is 17.5 Å². The molecule has 2 aromatic rings. The summed E-state index contributed by atoms with van der Waals surface area (Å²) in [7, 11) is 0. The van der Waals surface area contributed by atoms with E-state index in [9.17, 15) is 23.1 Å². The Hall–Kier alpha value is -1.86. The van der Waals surface area contributed by atoms with Gasteiger partial charge >= 0.3 is 0 Å². The third-order valence-electron chi connectivity index (χ3n) is 2.84. The average molecular weight is 315 g/mol. The lowest BCUT2D eigenvalue weighted by molar-refractivity contribution is -0.121. The molecule has 112 valence electrons. The molecule has 1 aromatic carbocycles. The molecule has 1 amide bonds. The van der Waals surface area contributed by atoms with Crippen LogP contribution in [-0.2, 0) is 11.2 Å². The summed E-state index contributed by atoms with van der Waals surface area (Å²) in [6.45, 7) is -0.555. The fourth-order valence-electron chi connectivity index (χ4n) is 1.83. The number of nitrogens with one attached hydrogen (secondary N) is 1. The average Bonchev–Trinajstić information content (AvgIpc) is 2.94. The second kappa shape index (κ2) is 6.73. The van der Waals surface area contributed by atoms with Gasteiger partial charge in [-0.15, -0.1) is 11.3 Å². The first-order chi connectivity index (χ1) is 10.0. The Kier molecular flexibility index (Phi) is 4.98. The minimum absolute atomic E-state index is 0.0339. The van der Waals surface area contributed by atoms with Crippen molar-refractivity contribution in [2.75, 3.05) is 6.61 Å². The summed E-state index contributed by atoms with van der Waals surface area (Å²) in [4.78, 5) is 12.6. The summed E-state index contributed by atoms with van der Waals surface area (Å²) in [5.41, 5.74) is -0.0339. The van der Waals surface area contributed by atoms with Gasteiger partial charge in [0.1, 0.15) is 0 Å². The van der Waals surface area contributed by atoms with E-state index in [0.29, 0.717) is 0 Å². The number of amides is 1. The molecule has 2 rings (SSSR count). The molecule has 1 aromatic heterocycles. The van der Waals surface area contributed by atoms with Crippen LogP contribution in [0.4, 0.5) is 13.2 Å². The van der Waals surface area contributed by atoms with Crippen LogP contribution in [0.5, 0.6) is 0 Å². The molecular weight excluding hydrogens is 303 g/mol. The van der Waals surface area contributed by atoms with E-state index in [2.05, 4.69) is 5.32 Å². The lowest BCUT2D eigenvalue weighted by atomic mass is 10.1. The first-order valence-corrected chi connectivity index (χ1v) is 6.96. The summed E-state index contributed by atoms with van der Waals surface area (Å²) in [6.07, 6.45) is 0.0975.